The summed E-state index contributed by atoms with van der Waals surface area (Å²) in [5.41, 5.74) is 0.778. The number of nitrogens with zero attached hydrogens (tertiary/aromatic N) is 4. The van der Waals surface area contributed by atoms with E-state index in [2.05, 4.69) is 26.2 Å². The Bertz CT molecular complexity index is 962. The van der Waals surface area contributed by atoms with Crippen molar-refractivity contribution in [2.24, 2.45) is 0 Å². The summed E-state index contributed by atoms with van der Waals surface area (Å²) >= 11 is 1.38. The Morgan fingerprint density at radius 1 is 1.37 bits per heavy atom. The lowest BCUT2D eigenvalue weighted by molar-refractivity contribution is -0.139. The number of thioether (sulfide) groups is 1. The second-order valence-corrected chi connectivity index (χ2v) is 8.17. The number of carbonyl (C=O) groups is 2. The number of furan rings is 1. The van der Waals surface area contributed by atoms with E-state index in [0.717, 1.165) is 12.8 Å². The molecule has 0 spiro atoms. The van der Waals surface area contributed by atoms with Gasteiger partial charge in [0.05, 0.1) is 18.2 Å². The number of carbonyl (C=O) groups excluding carboxylic acids is 2. The number of aromatic nitrogens is 4. The van der Waals surface area contributed by atoms with Gasteiger partial charge in [0.2, 0.25) is 5.16 Å². The molecule has 2 aromatic rings. The normalized spacial score (nSPS) is 19.7. The van der Waals surface area contributed by atoms with Gasteiger partial charge in [0.15, 0.2) is 0 Å². The van der Waals surface area contributed by atoms with Crippen LogP contribution in [0.2, 0.25) is 0 Å². The molecule has 0 bridgehead atoms. The van der Waals surface area contributed by atoms with Crippen LogP contribution in [0.1, 0.15) is 56.2 Å². The quantitative estimate of drug-likeness (QED) is 0.505. The molecule has 2 amide bonds. The molecule has 0 radical (unpaired) electrons. The van der Waals surface area contributed by atoms with Gasteiger partial charge in [-0.25, -0.2) is 14.3 Å². The van der Waals surface area contributed by atoms with Crippen LogP contribution in [0, 0.1) is 6.92 Å². The summed E-state index contributed by atoms with van der Waals surface area (Å²) in [5.74, 6) is 0.969. The molecular weight excluding hydrogens is 408 g/mol. The van der Waals surface area contributed by atoms with E-state index in [4.69, 9.17) is 9.15 Å². The molecule has 2 aliphatic rings. The van der Waals surface area contributed by atoms with Crippen LogP contribution >= 0.6 is 11.8 Å². The third kappa shape index (κ3) is 4.20. The van der Waals surface area contributed by atoms with Gasteiger partial charge in [0.25, 0.3) is 0 Å². The molecule has 0 unspecified atom stereocenters. The van der Waals surface area contributed by atoms with Crippen molar-refractivity contribution < 1.29 is 18.7 Å². The lowest BCUT2D eigenvalue weighted by atomic mass is 10.0. The van der Waals surface area contributed by atoms with Crippen LogP contribution in [0.25, 0.3) is 0 Å². The van der Waals surface area contributed by atoms with Crippen molar-refractivity contribution in [3.05, 3.63) is 34.9 Å². The van der Waals surface area contributed by atoms with E-state index >= 15 is 0 Å². The number of rotatable bonds is 7. The first-order chi connectivity index (χ1) is 14.6. The van der Waals surface area contributed by atoms with Crippen molar-refractivity contribution in [1.82, 2.24) is 30.8 Å². The van der Waals surface area contributed by atoms with Gasteiger partial charge < -0.3 is 19.8 Å². The molecule has 3 heterocycles. The molecule has 1 fully saturated rings. The molecule has 2 aromatic heterocycles. The van der Waals surface area contributed by atoms with Crippen LogP contribution in [-0.2, 0) is 9.53 Å². The molecule has 1 saturated carbocycles. The monoisotopic (exact) mass is 432 g/mol. The Labute approximate surface area is 177 Å². The van der Waals surface area contributed by atoms with Crippen molar-refractivity contribution in [3.8, 4) is 0 Å². The number of amides is 2. The SMILES string of the molecule is CCOC(=O)C1=C(CSc2nnnn2C2CCCC2)NC(=O)N[C@H]1c1ccc(C)o1. The predicted octanol–water partition coefficient (Wildman–Crippen LogP) is 2.65. The van der Waals surface area contributed by atoms with Crippen molar-refractivity contribution in [2.45, 2.75) is 56.8 Å². The lowest BCUT2D eigenvalue weighted by Crippen LogP contribution is -2.46. The minimum atomic E-state index is -0.729. The summed E-state index contributed by atoms with van der Waals surface area (Å²) in [6.45, 7) is 3.77. The summed E-state index contributed by atoms with van der Waals surface area (Å²) in [6.07, 6.45) is 4.43. The summed E-state index contributed by atoms with van der Waals surface area (Å²) in [5, 5.41) is 18.3. The van der Waals surface area contributed by atoms with Gasteiger partial charge in [-0.1, -0.05) is 24.6 Å². The zero-order valence-electron chi connectivity index (χ0n) is 16.9. The average molecular weight is 433 g/mol. The summed E-state index contributed by atoms with van der Waals surface area (Å²) in [4.78, 5) is 25.1. The highest BCUT2D eigenvalue weighted by molar-refractivity contribution is 7.99. The van der Waals surface area contributed by atoms with E-state index in [-0.39, 0.29) is 6.61 Å². The molecule has 160 valence electrons. The fourth-order valence-corrected chi connectivity index (χ4v) is 4.71. The van der Waals surface area contributed by atoms with Crippen LogP contribution in [0.3, 0.4) is 0 Å². The molecule has 10 nitrogen and oxygen atoms in total. The zero-order chi connectivity index (χ0) is 21.1. The van der Waals surface area contributed by atoms with Crippen LogP contribution in [0.4, 0.5) is 4.79 Å². The highest BCUT2D eigenvalue weighted by Crippen LogP contribution is 2.34. The van der Waals surface area contributed by atoms with Crippen molar-refractivity contribution in [1.29, 1.82) is 0 Å². The first-order valence-corrected chi connectivity index (χ1v) is 11.0. The molecule has 4 rings (SSSR count). The van der Waals surface area contributed by atoms with E-state index in [1.54, 1.807) is 26.0 Å². The summed E-state index contributed by atoms with van der Waals surface area (Å²) in [6, 6.07) is 2.69. The molecule has 1 aliphatic carbocycles. The summed E-state index contributed by atoms with van der Waals surface area (Å²) in [7, 11) is 0. The molecule has 11 heteroatoms. The number of hydrogen-bond acceptors (Lipinski definition) is 8. The molecular formula is C19H24N6O4S. The largest absolute Gasteiger partial charge is 0.464 e. The van der Waals surface area contributed by atoms with Gasteiger partial charge in [-0.15, -0.1) is 5.10 Å². The lowest BCUT2D eigenvalue weighted by Gasteiger charge is -2.27. The first-order valence-electron chi connectivity index (χ1n) is 10.0. The van der Waals surface area contributed by atoms with E-state index in [0.29, 0.717) is 39.7 Å². The van der Waals surface area contributed by atoms with Gasteiger partial charge in [-0.3, -0.25) is 0 Å². The van der Waals surface area contributed by atoms with Gasteiger partial charge >= 0.3 is 12.0 Å². The second-order valence-electron chi connectivity index (χ2n) is 7.23. The molecule has 1 atom stereocenters. The number of hydrogen-bond donors (Lipinski definition) is 2. The second kappa shape index (κ2) is 8.90. The number of esters is 1. The average Bonchev–Trinajstić information content (AvgIpc) is 3.47. The molecule has 30 heavy (non-hydrogen) atoms. The fraction of sp³-hybridized carbons (Fsp3) is 0.526. The maximum Gasteiger partial charge on any atom is 0.338 e. The van der Waals surface area contributed by atoms with Crippen LogP contribution in [0.5, 0.6) is 0 Å². The molecule has 1 aliphatic heterocycles. The van der Waals surface area contributed by atoms with Crippen LogP contribution in [0.15, 0.2) is 33.0 Å². The first kappa shape index (κ1) is 20.5. The van der Waals surface area contributed by atoms with Crippen molar-refractivity contribution in [2.75, 3.05) is 12.4 Å². The Hall–Kier alpha value is -2.82. The molecule has 0 saturated heterocycles. The number of urea groups is 1. The van der Waals surface area contributed by atoms with Crippen molar-refractivity contribution >= 4 is 23.8 Å². The minimum absolute atomic E-state index is 0.223. The summed E-state index contributed by atoms with van der Waals surface area (Å²) < 4.78 is 12.8. The Balaban J connectivity index is 1.63. The minimum Gasteiger partial charge on any atom is -0.464 e. The maximum absolute atomic E-state index is 12.8. The topological polar surface area (TPSA) is 124 Å². The number of ether oxygens (including phenoxy) is 1. The zero-order valence-corrected chi connectivity index (χ0v) is 17.7. The van der Waals surface area contributed by atoms with Gasteiger partial charge in [0, 0.05) is 11.4 Å². The van der Waals surface area contributed by atoms with E-state index < -0.39 is 18.0 Å². The smallest absolute Gasteiger partial charge is 0.338 e. The Morgan fingerprint density at radius 2 is 2.17 bits per heavy atom. The van der Waals surface area contributed by atoms with E-state index in [1.165, 1.54) is 24.6 Å². The van der Waals surface area contributed by atoms with E-state index in [9.17, 15) is 9.59 Å². The van der Waals surface area contributed by atoms with Gasteiger partial charge in [-0.2, -0.15) is 0 Å². The Morgan fingerprint density at radius 3 is 2.87 bits per heavy atom. The van der Waals surface area contributed by atoms with E-state index in [1.807, 2.05) is 4.68 Å². The highest BCUT2D eigenvalue weighted by Gasteiger charge is 2.35. The fourth-order valence-electron chi connectivity index (χ4n) is 3.80. The standard InChI is InChI=1S/C19H24N6O4S/c1-3-28-17(26)15-13(20-18(27)21-16(15)14-9-8-11(2)29-14)10-30-19-22-23-24-25(19)12-6-4-5-7-12/h8-9,12,16H,3-7,10H2,1-2H3,(H2,20,21,27)/t16-/m0/s1. The number of tetrazole rings is 1. The number of nitrogens with one attached hydrogen (secondary N) is 2. The van der Waals surface area contributed by atoms with Crippen LogP contribution in [-0.4, -0.2) is 44.6 Å². The Kier molecular flexibility index (Phi) is 6.07. The van der Waals surface area contributed by atoms with Gasteiger partial charge in [0.1, 0.15) is 17.6 Å². The third-order valence-corrected chi connectivity index (χ3v) is 6.13. The predicted molar refractivity (Wildman–Crippen MR) is 108 cm³/mol. The van der Waals surface area contributed by atoms with Gasteiger partial charge in [-0.05, 0) is 49.2 Å². The van der Waals surface area contributed by atoms with Crippen LogP contribution < -0.4 is 10.6 Å². The third-order valence-electron chi connectivity index (χ3n) is 5.17. The maximum atomic E-state index is 12.8. The van der Waals surface area contributed by atoms with Crippen molar-refractivity contribution in [3.63, 3.8) is 0 Å². The molecule has 2 N–H and O–H groups in total. The highest BCUT2D eigenvalue weighted by atomic mass is 32.2. The molecule has 0 aromatic carbocycles. The number of aryl methyl sites for hydroxylation is 1.